The van der Waals surface area contributed by atoms with Crippen molar-refractivity contribution in [2.45, 2.75) is 137 Å². The van der Waals surface area contributed by atoms with Crippen molar-refractivity contribution in [1.82, 2.24) is 0 Å². The van der Waals surface area contributed by atoms with E-state index in [4.69, 9.17) is 0 Å². The monoisotopic (exact) mass is 338 g/mol. The molecule has 0 spiro atoms. The first-order valence-electron chi connectivity index (χ1n) is 11.7. The second kappa shape index (κ2) is 17.8. The first-order chi connectivity index (χ1) is 11.7. The third-order valence-electron chi connectivity index (χ3n) is 6.29. The topological polar surface area (TPSA) is 0 Å². The standard InChI is InChI=1S/C24H50/c1-6-19-23(5)24(8-3)21-18-16-14-12-10-9-11-13-15-17-20-22(4)7-2/h22-24H,6-21H2,1-5H3. The Labute approximate surface area is 155 Å². The molecule has 0 heterocycles. The van der Waals surface area contributed by atoms with E-state index < -0.39 is 0 Å². The van der Waals surface area contributed by atoms with Gasteiger partial charge in [-0.25, -0.2) is 0 Å². The van der Waals surface area contributed by atoms with E-state index in [1.807, 2.05) is 0 Å². The van der Waals surface area contributed by atoms with Crippen molar-refractivity contribution in [3.05, 3.63) is 0 Å². The van der Waals surface area contributed by atoms with Crippen molar-refractivity contribution in [1.29, 1.82) is 0 Å². The molecule has 0 aromatic rings. The highest BCUT2D eigenvalue weighted by Gasteiger charge is 2.13. The molecule has 0 radical (unpaired) electrons. The fourth-order valence-electron chi connectivity index (χ4n) is 4.10. The van der Waals surface area contributed by atoms with Gasteiger partial charge in [0, 0.05) is 0 Å². The number of hydrogen-bond acceptors (Lipinski definition) is 0. The largest absolute Gasteiger partial charge is 0.0654 e. The van der Waals surface area contributed by atoms with Crippen molar-refractivity contribution < 1.29 is 0 Å². The van der Waals surface area contributed by atoms with Crippen molar-refractivity contribution >= 4 is 0 Å². The van der Waals surface area contributed by atoms with Crippen LogP contribution >= 0.6 is 0 Å². The zero-order valence-corrected chi connectivity index (χ0v) is 18.0. The highest BCUT2D eigenvalue weighted by Crippen LogP contribution is 2.26. The molecule has 0 rings (SSSR count). The second-order valence-corrected chi connectivity index (χ2v) is 8.56. The molecule has 0 N–H and O–H groups in total. The lowest BCUT2D eigenvalue weighted by Crippen LogP contribution is -2.10. The lowest BCUT2D eigenvalue weighted by molar-refractivity contribution is 0.297. The Bertz CT molecular complexity index is 232. The molecule has 0 aromatic carbocycles. The van der Waals surface area contributed by atoms with Gasteiger partial charge in [-0.05, 0) is 17.8 Å². The highest BCUT2D eigenvalue weighted by molar-refractivity contribution is 4.65. The Morgan fingerprint density at radius 1 is 0.500 bits per heavy atom. The summed E-state index contributed by atoms with van der Waals surface area (Å²) in [6.07, 6.45) is 23.2. The molecule has 3 atom stereocenters. The molecule has 0 nitrogen and oxygen atoms in total. The van der Waals surface area contributed by atoms with Crippen molar-refractivity contribution in [2.24, 2.45) is 17.8 Å². The predicted octanol–water partition coefficient (Wildman–Crippen LogP) is 9.18. The highest BCUT2D eigenvalue weighted by atomic mass is 14.2. The molecule has 0 saturated carbocycles. The minimum atomic E-state index is 0.945. The smallest absolute Gasteiger partial charge is 0.0391 e. The van der Waals surface area contributed by atoms with Gasteiger partial charge in [0.15, 0.2) is 0 Å². The summed E-state index contributed by atoms with van der Waals surface area (Å²) < 4.78 is 0. The van der Waals surface area contributed by atoms with Crippen LogP contribution in [0, 0.1) is 17.8 Å². The molecular weight excluding hydrogens is 288 g/mol. The van der Waals surface area contributed by atoms with E-state index in [0.717, 1.165) is 17.8 Å². The normalized spacial score (nSPS) is 15.4. The van der Waals surface area contributed by atoms with Gasteiger partial charge >= 0.3 is 0 Å². The van der Waals surface area contributed by atoms with Crippen molar-refractivity contribution in [3.8, 4) is 0 Å². The maximum absolute atomic E-state index is 2.47. The van der Waals surface area contributed by atoms with E-state index in [9.17, 15) is 0 Å². The minimum Gasteiger partial charge on any atom is -0.0654 e. The van der Waals surface area contributed by atoms with Crippen LogP contribution in [0.15, 0.2) is 0 Å². The van der Waals surface area contributed by atoms with E-state index in [1.165, 1.54) is 103 Å². The summed E-state index contributed by atoms with van der Waals surface area (Å²) >= 11 is 0. The molecule has 3 unspecified atom stereocenters. The zero-order chi connectivity index (χ0) is 18.0. The molecule has 0 amide bonds. The SMILES string of the molecule is CCCC(C)C(CC)CCCCCCCCCCCCC(C)CC. The average molecular weight is 339 g/mol. The van der Waals surface area contributed by atoms with Crippen LogP contribution < -0.4 is 0 Å². The van der Waals surface area contributed by atoms with Crippen LogP contribution in [0.25, 0.3) is 0 Å². The van der Waals surface area contributed by atoms with Crippen LogP contribution in [0.1, 0.15) is 137 Å². The van der Waals surface area contributed by atoms with Crippen LogP contribution in [-0.4, -0.2) is 0 Å². The first-order valence-corrected chi connectivity index (χ1v) is 11.7. The lowest BCUT2D eigenvalue weighted by Gasteiger charge is -2.22. The van der Waals surface area contributed by atoms with Gasteiger partial charge in [-0.1, -0.05) is 137 Å². The van der Waals surface area contributed by atoms with Crippen LogP contribution in [-0.2, 0) is 0 Å². The molecule has 0 aliphatic carbocycles. The fraction of sp³-hybridized carbons (Fsp3) is 1.00. The predicted molar refractivity (Wildman–Crippen MR) is 113 cm³/mol. The average Bonchev–Trinajstić information content (AvgIpc) is 2.59. The number of rotatable bonds is 18. The molecule has 0 fully saturated rings. The van der Waals surface area contributed by atoms with Gasteiger partial charge in [-0.3, -0.25) is 0 Å². The maximum atomic E-state index is 2.47. The van der Waals surface area contributed by atoms with Crippen LogP contribution in [0.5, 0.6) is 0 Å². The van der Waals surface area contributed by atoms with Gasteiger partial charge in [-0.15, -0.1) is 0 Å². The summed E-state index contributed by atoms with van der Waals surface area (Å²) in [5.41, 5.74) is 0. The van der Waals surface area contributed by atoms with E-state index >= 15 is 0 Å². The summed E-state index contributed by atoms with van der Waals surface area (Å²) in [4.78, 5) is 0. The van der Waals surface area contributed by atoms with Gasteiger partial charge in [0.05, 0.1) is 0 Å². The minimum absolute atomic E-state index is 0.945. The summed E-state index contributed by atoms with van der Waals surface area (Å²) in [6.45, 7) is 11.9. The maximum Gasteiger partial charge on any atom is -0.0391 e. The Morgan fingerprint density at radius 2 is 0.958 bits per heavy atom. The van der Waals surface area contributed by atoms with Crippen LogP contribution in [0.2, 0.25) is 0 Å². The van der Waals surface area contributed by atoms with Crippen molar-refractivity contribution in [2.75, 3.05) is 0 Å². The molecule has 0 aliphatic heterocycles. The summed E-state index contributed by atoms with van der Waals surface area (Å²) in [5.74, 6) is 2.88. The fourth-order valence-corrected chi connectivity index (χ4v) is 4.10. The molecule has 0 heteroatoms. The zero-order valence-electron chi connectivity index (χ0n) is 18.0. The van der Waals surface area contributed by atoms with Crippen LogP contribution in [0.3, 0.4) is 0 Å². The Balaban J connectivity index is 3.30. The van der Waals surface area contributed by atoms with Gasteiger partial charge < -0.3 is 0 Å². The molecule has 146 valence electrons. The third-order valence-corrected chi connectivity index (χ3v) is 6.29. The molecule has 0 bridgehead atoms. The Kier molecular flexibility index (Phi) is 17.8. The lowest BCUT2D eigenvalue weighted by atomic mass is 9.84. The summed E-state index contributed by atoms with van der Waals surface area (Å²) in [7, 11) is 0. The molecule has 0 aliphatic rings. The van der Waals surface area contributed by atoms with E-state index in [-0.39, 0.29) is 0 Å². The second-order valence-electron chi connectivity index (χ2n) is 8.56. The van der Waals surface area contributed by atoms with E-state index in [1.54, 1.807) is 0 Å². The Hall–Kier alpha value is 0. The van der Waals surface area contributed by atoms with Gasteiger partial charge in [0.25, 0.3) is 0 Å². The van der Waals surface area contributed by atoms with Gasteiger partial charge in [-0.2, -0.15) is 0 Å². The van der Waals surface area contributed by atoms with Crippen molar-refractivity contribution in [3.63, 3.8) is 0 Å². The molecule has 0 aromatic heterocycles. The first kappa shape index (κ1) is 24.0. The van der Waals surface area contributed by atoms with E-state index in [2.05, 4.69) is 34.6 Å². The quantitative estimate of drug-likeness (QED) is 0.218. The molecular formula is C24H50. The third kappa shape index (κ3) is 14.4. The number of hydrogen-bond donors (Lipinski definition) is 0. The van der Waals surface area contributed by atoms with Gasteiger partial charge in [0.2, 0.25) is 0 Å². The van der Waals surface area contributed by atoms with E-state index in [0.29, 0.717) is 0 Å². The number of unbranched alkanes of at least 4 members (excludes halogenated alkanes) is 9. The molecule has 0 saturated heterocycles. The van der Waals surface area contributed by atoms with Crippen LogP contribution in [0.4, 0.5) is 0 Å². The molecule has 24 heavy (non-hydrogen) atoms. The Morgan fingerprint density at radius 3 is 1.38 bits per heavy atom. The summed E-state index contributed by atoms with van der Waals surface area (Å²) in [6, 6.07) is 0. The summed E-state index contributed by atoms with van der Waals surface area (Å²) in [5, 5.41) is 0. The van der Waals surface area contributed by atoms with Gasteiger partial charge in [0.1, 0.15) is 0 Å².